The lowest BCUT2D eigenvalue weighted by molar-refractivity contribution is -0.141. The van der Waals surface area contributed by atoms with Gasteiger partial charge in [-0.05, 0) is 24.0 Å². The molecule has 2 N–H and O–H groups in total. The van der Waals surface area contributed by atoms with Gasteiger partial charge in [-0.2, -0.15) is 0 Å². The molecule has 1 aliphatic carbocycles. The first-order valence-corrected chi connectivity index (χ1v) is 6.84. The van der Waals surface area contributed by atoms with Gasteiger partial charge in [0.25, 0.3) is 0 Å². The summed E-state index contributed by atoms with van der Waals surface area (Å²) in [7, 11) is 0. The number of benzene rings is 1. The van der Waals surface area contributed by atoms with Gasteiger partial charge in [0.15, 0.2) is 0 Å². The van der Waals surface area contributed by atoms with Crippen LogP contribution in [0.25, 0.3) is 0 Å². The van der Waals surface area contributed by atoms with Crippen molar-refractivity contribution in [3.05, 3.63) is 35.4 Å². The Bertz CT molecular complexity index is 505. The third kappa shape index (κ3) is 1.96. The van der Waals surface area contributed by atoms with E-state index in [-0.39, 0.29) is 23.7 Å². The lowest BCUT2D eigenvalue weighted by atomic mass is 10.00. The number of imide groups is 1. The van der Waals surface area contributed by atoms with Gasteiger partial charge in [-0.25, -0.2) is 0 Å². The predicted octanol–water partition coefficient (Wildman–Crippen LogP) is 1.43. The second kappa shape index (κ2) is 4.78. The molecule has 1 saturated carbocycles. The number of carbonyl (C=O) groups excluding carboxylic acids is 2. The highest BCUT2D eigenvalue weighted by molar-refractivity contribution is 6.05. The molecule has 4 heteroatoms. The molecule has 1 saturated heterocycles. The molecule has 1 aromatic carbocycles. The number of likely N-dealkylation sites (tertiary alicyclic amines) is 1. The maximum absolute atomic E-state index is 12.3. The fourth-order valence-electron chi connectivity index (χ4n) is 3.30. The highest BCUT2D eigenvalue weighted by atomic mass is 16.2. The molecule has 3 rings (SSSR count). The van der Waals surface area contributed by atoms with Gasteiger partial charge in [0, 0.05) is 6.54 Å². The van der Waals surface area contributed by atoms with Crippen LogP contribution in [-0.4, -0.2) is 16.7 Å². The van der Waals surface area contributed by atoms with Crippen LogP contribution in [0, 0.1) is 11.8 Å². The second-order valence-electron chi connectivity index (χ2n) is 5.38. The SMILES string of the molecule is NCc1ccccc1CN1C(=O)C2CCCC2C1=O. The summed E-state index contributed by atoms with van der Waals surface area (Å²) in [6.07, 6.45) is 2.73. The third-order valence-corrected chi connectivity index (χ3v) is 4.35. The summed E-state index contributed by atoms with van der Waals surface area (Å²) in [5, 5.41) is 0. The van der Waals surface area contributed by atoms with Gasteiger partial charge in [-0.3, -0.25) is 14.5 Å². The maximum atomic E-state index is 12.3. The van der Waals surface area contributed by atoms with E-state index in [0.717, 1.165) is 30.4 Å². The fourth-order valence-corrected chi connectivity index (χ4v) is 3.30. The van der Waals surface area contributed by atoms with Crippen LogP contribution in [0.1, 0.15) is 30.4 Å². The number of nitrogens with zero attached hydrogens (tertiary/aromatic N) is 1. The largest absolute Gasteiger partial charge is 0.326 e. The maximum Gasteiger partial charge on any atom is 0.233 e. The normalized spacial score (nSPS) is 26.1. The molecular formula is C15H18N2O2. The quantitative estimate of drug-likeness (QED) is 0.834. The van der Waals surface area contributed by atoms with E-state index in [4.69, 9.17) is 5.73 Å². The van der Waals surface area contributed by atoms with E-state index >= 15 is 0 Å². The van der Waals surface area contributed by atoms with Gasteiger partial charge >= 0.3 is 0 Å². The molecule has 1 aromatic rings. The number of nitrogens with two attached hydrogens (primary N) is 1. The molecule has 1 aliphatic heterocycles. The number of amides is 2. The summed E-state index contributed by atoms with van der Waals surface area (Å²) in [5.74, 6) is -0.0891. The number of carbonyl (C=O) groups is 2. The van der Waals surface area contributed by atoms with Crippen molar-refractivity contribution in [3.8, 4) is 0 Å². The van der Waals surface area contributed by atoms with Gasteiger partial charge in [-0.15, -0.1) is 0 Å². The molecule has 4 nitrogen and oxygen atoms in total. The van der Waals surface area contributed by atoms with Crippen molar-refractivity contribution < 1.29 is 9.59 Å². The monoisotopic (exact) mass is 258 g/mol. The van der Waals surface area contributed by atoms with Crippen LogP contribution in [-0.2, 0) is 22.7 Å². The molecule has 2 aliphatic rings. The van der Waals surface area contributed by atoms with E-state index in [1.807, 2.05) is 24.3 Å². The first kappa shape index (κ1) is 12.4. The molecule has 2 amide bonds. The summed E-state index contributed by atoms with van der Waals surface area (Å²) >= 11 is 0. The predicted molar refractivity (Wildman–Crippen MR) is 70.7 cm³/mol. The summed E-state index contributed by atoms with van der Waals surface area (Å²) in [6, 6.07) is 7.73. The van der Waals surface area contributed by atoms with Crippen LogP contribution < -0.4 is 5.73 Å². The molecule has 2 unspecified atom stereocenters. The minimum absolute atomic E-state index is 0.0133. The third-order valence-electron chi connectivity index (χ3n) is 4.35. The molecule has 2 atom stereocenters. The molecule has 1 heterocycles. The molecule has 0 aromatic heterocycles. The van der Waals surface area contributed by atoms with E-state index in [2.05, 4.69) is 0 Å². The van der Waals surface area contributed by atoms with Gasteiger partial charge in [-0.1, -0.05) is 30.7 Å². The lowest BCUT2D eigenvalue weighted by Crippen LogP contribution is -2.31. The van der Waals surface area contributed by atoms with Crippen molar-refractivity contribution >= 4 is 11.8 Å². The van der Waals surface area contributed by atoms with Crippen molar-refractivity contribution in [2.24, 2.45) is 17.6 Å². The Balaban J connectivity index is 1.84. The summed E-state index contributed by atoms with van der Waals surface area (Å²) in [4.78, 5) is 26.0. The van der Waals surface area contributed by atoms with Crippen molar-refractivity contribution in [1.82, 2.24) is 4.90 Å². The highest BCUT2D eigenvalue weighted by Gasteiger charge is 2.49. The van der Waals surface area contributed by atoms with Gasteiger partial charge < -0.3 is 5.73 Å². The van der Waals surface area contributed by atoms with Crippen LogP contribution in [0.4, 0.5) is 0 Å². The molecular weight excluding hydrogens is 240 g/mol. The van der Waals surface area contributed by atoms with Crippen molar-refractivity contribution in [3.63, 3.8) is 0 Å². The Labute approximate surface area is 112 Å². The average molecular weight is 258 g/mol. The van der Waals surface area contributed by atoms with E-state index < -0.39 is 0 Å². The Hall–Kier alpha value is -1.68. The summed E-state index contributed by atoms with van der Waals surface area (Å²) in [6.45, 7) is 0.803. The summed E-state index contributed by atoms with van der Waals surface area (Å²) < 4.78 is 0. The Morgan fingerprint density at radius 3 is 2.21 bits per heavy atom. The molecule has 0 bridgehead atoms. The van der Waals surface area contributed by atoms with E-state index in [1.165, 1.54) is 4.90 Å². The van der Waals surface area contributed by atoms with E-state index in [9.17, 15) is 9.59 Å². The van der Waals surface area contributed by atoms with Gasteiger partial charge in [0.2, 0.25) is 11.8 Å². The fraction of sp³-hybridized carbons (Fsp3) is 0.467. The zero-order valence-corrected chi connectivity index (χ0v) is 10.8. The Morgan fingerprint density at radius 2 is 1.63 bits per heavy atom. The highest BCUT2D eigenvalue weighted by Crippen LogP contribution is 2.40. The number of hydrogen-bond donors (Lipinski definition) is 1. The Morgan fingerprint density at radius 1 is 1.05 bits per heavy atom. The molecule has 2 fully saturated rings. The molecule has 19 heavy (non-hydrogen) atoms. The van der Waals surface area contributed by atoms with E-state index in [0.29, 0.717) is 13.1 Å². The zero-order chi connectivity index (χ0) is 13.4. The minimum atomic E-state index is -0.0578. The van der Waals surface area contributed by atoms with Crippen LogP contribution in [0.3, 0.4) is 0 Å². The average Bonchev–Trinajstić information content (AvgIpc) is 2.99. The number of hydrogen-bond acceptors (Lipinski definition) is 3. The lowest BCUT2D eigenvalue weighted by Gasteiger charge is -2.17. The smallest absolute Gasteiger partial charge is 0.233 e. The second-order valence-corrected chi connectivity index (χ2v) is 5.38. The van der Waals surface area contributed by atoms with Crippen molar-refractivity contribution in [2.75, 3.05) is 0 Å². The van der Waals surface area contributed by atoms with Crippen molar-refractivity contribution in [2.45, 2.75) is 32.4 Å². The van der Waals surface area contributed by atoms with Crippen LogP contribution in [0.5, 0.6) is 0 Å². The topological polar surface area (TPSA) is 63.4 Å². The molecule has 0 radical (unpaired) electrons. The van der Waals surface area contributed by atoms with Gasteiger partial charge in [0.05, 0.1) is 18.4 Å². The molecule has 0 spiro atoms. The van der Waals surface area contributed by atoms with Crippen molar-refractivity contribution in [1.29, 1.82) is 0 Å². The standard InChI is InChI=1S/C15H18N2O2/c16-8-10-4-1-2-5-11(10)9-17-14(18)12-6-3-7-13(12)15(17)19/h1-2,4-5,12-13H,3,6-9,16H2. The first-order chi connectivity index (χ1) is 9.22. The Kier molecular flexibility index (Phi) is 3.11. The summed E-state index contributed by atoms with van der Waals surface area (Å²) in [5.41, 5.74) is 7.68. The minimum Gasteiger partial charge on any atom is -0.326 e. The number of fused-ring (bicyclic) bond motifs is 1. The zero-order valence-electron chi connectivity index (χ0n) is 10.8. The number of rotatable bonds is 3. The van der Waals surface area contributed by atoms with Crippen LogP contribution in [0.15, 0.2) is 24.3 Å². The van der Waals surface area contributed by atoms with Crippen LogP contribution >= 0.6 is 0 Å². The van der Waals surface area contributed by atoms with E-state index in [1.54, 1.807) is 0 Å². The first-order valence-electron chi connectivity index (χ1n) is 6.84. The molecule has 100 valence electrons. The van der Waals surface area contributed by atoms with Crippen LogP contribution in [0.2, 0.25) is 0 Å². The van der Waals surface area contributed by atoms with Gasteiger partial charge in [0.1, 0.15) is 0 Å².